The van der Waals surface area contributed by atoms with Crippen LogP contribution in [-0.2, 0) is 29.1 Å². The monoisotopic (exact) mass is 200 g/mol. The minimum atomic E-state index is -0.855. The highest BCUT2D eigenvalue weighted by atomic mass is 17.4. The molecule has 6 nitrogen and oxygen atoms in total. The molecule has 1 heterocycles. The fraction of sp³-hybridized carbons (Fsp3) is 0.250. The van der Waals surface area contributed by atoms with Gasteiger partial charge in [-0.2, -0.15) is 0 Å². The largest absolute Gasteiger partial charge is 0.389 e. The molecule has 1 aliphatic heterocycles. The predicted molar refractivity (Wildman–Crippen MR) is 41.9 cm³/mol. The standard InChI is InChI=1S/C8H8O6/c1-4(2)6(9)11-12-7(10)5(3)8-13-14-8/h1H2,2-3H3. The van der Waals surface area contributed by atoms with Gasteiger partial charge in [-0.05, 0) is 13.8 Å². The van der Waals surface area contributed by atoms with Crippen molar-refractivity contribution in [3.8, 4) is 0 Å². The molecule has 0 unspecified atom stereocenters. The Morgan fingerprint density at radius 3 is 2.07 bits per heavy atom. The molecule has 0 aromatic rings. The zero-order valence-electron chi connectivity index (χ0n) is 7.66. The Balaban J connectivity index is 2.39. The van der Waals surface area contributed by atoms with Crippen LogP contribution < -0.4 is 0 Å². The van der Waals surface area contributed by atoms with Gasteiger partial charge < -0.3 is 0 Å². The van der Waals surface area contributed by atoms with Gasteiger partial charge in [-0.3, -0.25) is 0 Å². The Labute approximate surface area is 79.5 Å². The van der Waals surface area contributed by atoms with Crippen molar-refractivity contribution in [1.82, 2.24) is 0 Å². The summed E-state index contributed by atoms with van der Waals surface area (Å²) in [6, 6.07) is 0. The fourth-order valence-electron chi connectivity index (χ4n) is 0.438. The first-order chi connectivity index (χ1) is 6.52. The molecule has 0 spiro atoms. The molecule has 0 saturated carbocycles. The molecule has 76 valence electrons. The first kappa shape index (κ1) is 10.1. The normalized spacial score (nSPS) is 12.0. The lowest BCUT2D eigenvalue weighted by Gasteiger charge is -2.00. The Hall–Kier alpha value is -1.98. The number of rotatable bonds is 2. The fourth-order valence-corrected chi connectivity index (χ4v) is 0.438. The summed E-state index contributed by atoms with van der Waals surface area (Å²) < 4.78 is 0. The quantitative estimate of drug-likeness (QED) is 0.283. The predicted octanol–water partition coefficient (Wildman–Crippen LogP) is 0.757. The van der Waals surface area contributed by atoms with Gasteiger partial charge in [-0.15, -0.1) is 0 Å². The molecule has 6 heteroatoms. The van der Waals surface area contributed by atoms with Crippen LogP contribution in [0, 0.1) is 0 Å². The van der Waals surface area contributed by atoms with E-state index >= 15 is 0 Å². The smallest absolute Gasteiger partial charge is 0.242 e. The van der Waals surface area contributed by atoms with Crippen LogP contribution in [-0.4, -0.2) is 11.9 Å². The van der Waals surface area contributed by atoms with Crippen LogP contribution >= 0.6 is 0 Å². The average molecular weight is 200 g/mol. The van der Waals surface area contributed by atoms with Gasteiger partial charge in [0, 0.05) is 5.57 Å². The van der Waals surface area contributed by atoms with E-state index in [9.17, 15) is 9.59 Å². The van der Waals surface area contributed by atoms with Crippen LogP contribution in [0.2, 0.25) is 0 Å². The van der Waals surface area contributed by atoms with Gasteiger partial charge in [0.05, 0.1) is 0 Å². The van der Waals surface area contributed by atoms with E-state index in [-0.39, 0.29) is 17.1 Å². The molecular weight excluding hydrogens is 192 g/mol. The maximum Gasteiger partial charge on any atom is 0.389 e. The maximum atomic E-state index is 11.0. The van der Waals surface area contributed by atoms with E-state index in [2.05, 4.69) is 26.1 Å². The molecule has 1 fully saturated rings. The molecule has 14 heavy (non-hydrogen) atoms. The second kappa shape index (κ2) is 3.82. The number of carbonyl (C=O) groups excluding carboxylic acids is 2. The van der Waals surface area contributed by atoms with E-state index in [4.69, 9.17) is 0 Å². The van der Waals surface area contributed by atoms with Crippen LogP contribution in [0.25, 0.3) is 0 Å². The molecule has 0 amide bonds. The van der Waals surface area contributed by atoms with E-state index in [1.54, 1.807) is 0 Å². The molecule has 1 saturated heterocycles. The summed E-state index contributed by atoms with van der Waals surface area (Å²) in [5, 5.41) is 0. The topological polar surface area (TPSA) is 77.7 Å². The maximum absolute atomic E-state index is 11.0. The Bertz CT molecular complexity index is 321. The highest BCUT2D eigenvalue weighted by Crippen LogP contribution is 2.22. The van der Waals surface area contributed by atoms with Crippen LogP contribution in [0.3, 0.4) is 0 Å². The highest BCUT2D eigenvalue weighted by Gasteiger charge is 2.29. The van der Waals surface area contributed by atoms with Crippen molar-refractivity contribution < 1.29 is 29.1 Å². The Morgan fingerprint density at radius 2 is 1.64 bits per heavy atom. The molecule has 0 aromatic carbocycles. The summed E-state index contributed by atoms with van der Waals surface area (Å²) in [6.07, 6.45) is 0. The highest BCUT2D eigenvalue weighted by molar-refractivity contribution is 5.90. The SMILES string of the molecule is C=C(C)C(=O)OOC(=O)C(C)=C1OO1. The molecule has 0 radical (unpaired) electrons. The van der Waals surface area contributed by atoms with Gasteiger partial charge in [-0.1, -0.05) is 6.58 Å². The molecule has 0 bridgehead atoms. The van der Waals surface area contributed by atoms with Crippen molar-refractivity contribution in [2.75, 3.05) is 0 Å². The van der Waals surface area contributed by atoms with Crippen LogP contribution in [0.5, 0.6) is 0 Å². The summed E-state index contributed by atoms with van der Waals surface area (Å²) in [6.45, 7) is 6.13. The van der Waals surface area contributed by atoms with E-state index in [1.807, 2.05) is 0 Å². The molecule has 1 rings (SSSR count). The molecule has 0 aromatic heterocycles. The van der Waals surface area contributed by atoms with Crippen LogP contribution in [0.4, 0.5) is 0 Å². The second-order valence-electron chi connectivity index (χ2n) is 2.60. The van der Waals surface area contributed by atoms with E-state index in [0.29, 0.717) is 0 Å². The summed E-state index contributed by atoms with van der Waals surface area (Å²) in [4.78, 5) is 38.6. The Kier molecular flexibility index (Phi) is 2.76. The first-order valence-corrected chi connectivity index (χ1v) is 3.66. The van der Waals surface area contributed by atoms with Crippen molar-refractivity contribution in [1.29, 1.82) is 0 Å². The summed E-state index contributed by atoms with van der Waals surface area (Å²) in [5.74, 6) is -1.61. The lowest BCUT2D eigenvalue weighted by Crippen LogP contribution is -2.12. The number of hydrogen-bond acceptors (Lipinski definition) is 6. The van der Waals surface area contributed by atoms with Gasteiger partial charge in [0.2, 0.25) is 0 Å². The molecule has 1 aliphatic rings. The molecule has 0 atom stereocenters. The summed E-state index contributed by atoms with van der Waals surface area (Å²) >= 11 is 0. The van der Waals surface area contributed by atoms with Crippen molar-refractivity contribution in [2.24, 2.45) is 0 Å². The van der Waals surface area contributed by atoms with Gasteiger partial charge in [0.15, 0.2) is 0 Å². The van der Waals surface area contributed by atoms with Crippen LogP contribution in [0.1, 0.15) is 13.8 Å². The zero-order chi connectivity index (χ0) is 10.7. The first-order valence-electron chi connectivity index (χ1n) is 3.66. The molecule has 0 N–H and O–H groups in total. The van der Waals surface area contributed by atoms with Crippen molar-refractivity contribution >= 4 is 11.9 Å². The van der Waals surface area contributed by atoms with Crippen molar-refractivity contribution in [3.63, 3.8) is 0 Å². The lowest BCUT2D eigenvalue weighted by atomic mass is 10.3. The van der Waals surface area contributed by atoms with Gasteiger partial charge in [0.25, 0.3) is 0 Å². The second-order valence-corrected chi connectivity index (χ2v) is 2.60. The molecule has 0 aliphatic carbocycles. The van der Waals surface area contributed by atoms with Gasteiger partial charge in [0.1, 0.15) is 5.57 Å². The number of carbonyl (C=O) groups is 2. The van der Waals surface area contributed by atoms with Gasteiger partial charge in [-0.25, -0.2) is 29.1 Å². The summed E-state index contributed by atoms with van der Waals surface area (Å²) in [7, 11) is 0. The van der Waals surface area contributed by atoms with E-state index in [0.717, 1.165) is 0 Å². The van der Waals surface area contributed by atoms with E-state index in [1.165, 1.54) is 13.8 Å². The lowest BCUT2D eigenvalue weighted by molar-refractivity contribution is -0.252. The minimum absolute atomic E-state index is 0.0568. The Morgan fingerprint density at radius 1 is 1.14 bits per heavy atom. The summed E-state index contributed by atoms with van der Waals surface area (Å²) in [5.41, 5.74) is 0.210. The average Bonchev–Trinajstić information content (AvgIpc) is 2.95. The van der Waals surface area contributed by atoms with Crippen LogP contribution in [0.15, 0.2) is 23.7 Å². The third kappa shape index (κ3) is 2.51. The van der Waals surface area contributed by atoms with Gasteiger partial charge >= 0.3 is 17.9 Å². The van der Waals surface area contributed by atoms with E-state index < -0.39 is 11.9 Å². The minimum Gasteiger partial charge on any atom is -0.242 e. The third-order valence-electron chi connectivity index (χ3n) is 1.32. The van der Waals surface area contributed by atoms with Crippen molar-refractivity contribution in [3.05, 3.63) is 23.7 Å². The third-order valence-corrected chi connectivity index (χ3v) is 1.32. The number of hydrogen-bond donors (Lipinski definition) is 0. The molecular formula is C8H8O6. The van der Waals surface area contributed by atoms with Crippen molar-refractivity contribution in [2.45, 2.75) is 13.8 Å². The zero-order valence-corrected chi connectivity index (χ0v) is 7.66.